The van der Waals surface area contributed by atoms with Crippen LogP contribution in [0.2, 0.25) is 5.02 Å². The van der Waals surface area contributed by atoms with Crippen LogP contribution in [-0.4, -0.2) is 19.6 Å². The molecule has 0 saturated heterocycles. The van der Waals surface area contributed by atoms with E-state index in [2.05, 4.69) is 18.0 Å². The number of nitrogens with zero attached hydrogens (tertiary/aromatic N) is 1. The zero-order valence-electron chi connectivity index (χ0n) is 9.04. The Balaban J connectivity index is 2.32. The molecule has 0 radical (unpaired) electrons. The SMILES string of the molecule is CN(c1c(Cl)cccc1CCN)C1CC1. The highest BCUT2D eigenvalue weighted by Crippen LogP contribution is 2.36. The Bertz CT molecular complexity index is 347. The lowest BCUT2D eigenvalue weighted by Crippen LogP contribution is -2.22. The van der Waals surface area contributed by atoms with Crippen LogP contribution in [0, 0.1) is 0 Å². The molecule has 1 fully saturated rings. The predicted molar refractivity (Wildman–Crippen MR) is 65.6 cm³/mol. The van der Waals surface area contributed by atoms with Crippen molar-refractivity contribution in [3.8, 4) is 0 Å². The van der Waals surface area contributed by atoms with E-state index in [1.54, 1.807) is 0 Å². The molecule has 15 heavy (non-hydrogen) atoms. The standard InChI is InChI=1S/C12H17ClN2/c1-15(10-5-6-10)12-9(7-8-14)3-2-4-11(12)13/h2-4,10H,5-8,14H2,1H3. The average molecular weight is 225 g/mol. The summed E-state index contributed by atoms with van der Waals surface area (Å²) >= 11 is 6.25. The molecule has 0 bridgehead atoms. The van der Waals surface area contributed by atoms with Gasteiger partial charge in [-0.2, -0.15) is 0 Å². The van der Waals surface area contributed by atoms with E-state index in [0.717, 1.165) is 11.4 Å². The first-order chi connectivity index (χ1) is 7.24. The minimum Gasteiger partial charge on any atom is -0.370 e. The molecular weight excluding hydrogens is 208 g/mol. The number of benzene rings is 1. The lowest BCUT2D eigenvalue weighted by molar-refractivity contribution is 0.888. The summed E-state index contributed by atoms with van der Waals surface area (Å²) < 4.78 is 0. The Hall–Kier alpha value is -0.730. The van der Waals surface area contributed by atoms with Gasteiger partial charge in [0.2, 0.25) is 0 Å². The Labute approximate surface area is 96.0 Å². The van der Waals surface area contributed by atoms with Crippen LogP contribution >= 0.6 is 11.6 Å². The number of hydrogen-bond donors (Lipinski definition) is 1. The number of halogens is 1. The molecule has 1 aromatic rings. The fourth-order valence-corrected chi connectivity index (χ4v) is 2.28. The topological polar surface area (TPSA) is 29.3 Å². The molecule has 1 aromatic carbocycles. The van der Waals surface area contributed by atoms with E-state index < -0.39 is 0 Å². The third-order valence-electron chi connectivity index (χ3n) is 2.93. The molecule has 0 aromatic heterocycles. The van der Waals surface area contributed by atoms with Gasteiger partial charge in [-0.3, -0.25) is 0 Å². The summed E-state index contributed by atoms with van der Waals surface area (Å²) in [5.74, 6) is 0. The number of para-hydroxylation sites is 1. The van der Waals surface area contributed by atoms with E-state index in [4.69, 9.17) is 17.3 Å². The van der Waals surface area contributed by atoms with Crippen molar-refractivity contribution in [1.82, 2.24) is 0 Å². The molecule has 1 saturated carbocycles. The Kier molecular flexibility index (Phi) is 3.17. The highest BCUT2D eigenvalue weighted by molar-refractivity contribution is 6.33. The smallest absolute Gasteiger partial charge is 0.0642 e. The molecule has 3 heteroatoms. The maximum absolute atomic E-state index is 6.25. The maximum Gasteiger partial charge on any atom is 0.0642 e. The van der Waals surface area contributed by atoms with Gasteiger partial charge in [0.25, 0.3) is 0 Å². The fraction of sp³-hybridized carbons (Fsp3) is 0.500. The summed E-state index contributed by atoms with van der Waals surface area (Å²) in [5, 5.41) is 0.843. The van der Waals surface area contributed by atoms with Gasteiger partial charge in [0.05, 0.1) is 10.7 Å². The molecule has 82 valence electrons. The van der Waals surface area contributed by atoms with Gasteiger partial charge >= 0.3 is 0 Å². The van der Waals surface area contributed by atoms with Gasteiger partial charge in [-0.15, -0.1) is 0 Å². The summed E-state index contributed by atoms with van der Waals surface area (Å²) in [6, 6.07) is 6.75. The number of hydrogen-bond acceptors (Lipinski definition) is 2. The molecule has 2 nitrogen and oxygen atoms in total. The molecule has 0 aliphatic heterocycles. The van der Waals surface area contributed by atoms with Gasteiger partial charge in [-0.05, 0) is 37.4 Å². The van der Waals surface area contributed by atoms with Crippen molar-refractivity contribution < 1.29 is 0 Å². The van der Waals surface area contributed by atoms with Gasteiger partial charge in [-0.1, -0.05) is 23.7 Å². The highest BCUT2D eigenvalue weighted by atomic mass is 35.5. The van der Waals surface area contributed by atoms with Crippen molar-refractivity contribution in [1.29, 1.82) is 0 Å². The molecule has 1 aliphatic rings. The van der Waals surface area contributed by atoms with E-state index in [1.165, 1.54) is 24.1 Å². The van der Waals surface area contributed by atoms with Crippen molar-refractivity contribution in [3.63, 3.8) is 0 Å². The second-order valence-electron chi connectivity index (χ2n) is 4.13. The van der Waals surface area contributed by atoms with Crippen molar-refractivity contribution in [2.75, 3.05) is 18.5 Å². The first kappa shape index (κ1) is 10.8. The van der Waals surface area contributed by atoms with E-state index >= 15 is 0 Å². The first-order valence-corrected chi connectivity index (χ1v) is 5.82. The molecule has 0 spiro atoms. The van der Waals surface area contributed by atoms with E-state index in [1.807, 2.05) is 12.1 Å². The lowest BCUT2D eigenvalue weighted by atomic mass is 10.1. The van der Waals surface area contributed by atoms with Crippen molar-refractivity contribution in [2.45, 2.75) is 25.3 Å². The fourth-order valence-electron chi connectivity index (χ4n) is 1.96. The molecule has 0 atom stereocenters. The second kappa shape index (κ2) is 4.42. The summed E-state index contributed by atoms with van der Waals surface area (Å²) in [6.45, 7) is 0.672. The van der Waals surface area contributed by atoms with Crippen LogP contribution in [0.5, 0.6) is 0 Å². The summed E-state index contributed by atoms with van der Waals surface area (Å²) in [7, 11) is 2.12. The van der Waals surface area contributed by atoms with Crippen LogP contribution in [0.15, 0.2) is 18.2 Å². The number of anilines is 1. The van der Waals surface area contributed by atoms with Crippen LogP contribution in [0.25, 0.3) is 0 Å². The van der Waals surface area contributed by atoms with E-state index in [-0.39, 0.29) is 0 Å². The third kappa shape index (κ3) is 2.27. The predicted octanol–water partition coefficient (Wildman–Crippen LogP) is 2.44. The van der Waals surface area contributed by atoms with Crippen LogP contribution in [0.4, 0.5) is 5.69 Å². The van der Waals surface area contributed by atoms with E-state index in [0.29, 0.717) is 12.6 Å². The monoisotopic (exact) mass is 224 g/mol. The van der Waals surface area contributed by atoms with Crippen LogP contribution in [0.1, 0.15) is 18.4 Å². The highest BCUT2D eigenvalue weighted by Gasteiger charge is 2.28. The van der Waals surface area contributed by atoms with Gasteiger partial charge in [-0.25, -0.2) is 0 Å². The van der Waals surface area contributed by atoms with Gasteiger partial charge in [0, 0.05) is 13.1 Å². The average Bonchev–Trinajstić information content (AvgIpc) is 3.01. The molecule has 1 aliphatic carbocycles. The minimum absolute atomic E-state index is 0.672. The molecule has 2 rings (SSSR count). The summed E-state index contributed by atoms with van der Waals surface area (Å²) in [4.78, 5) is 2.30. The summed E-state index contributed by atoms with van der Waals surface area (Å²) in [6.07, 6.45) is 3.46. The largest absolute Gasteiger partial charge is 0.370 e. The molecular formula is C12H17ClN2. The summed E-state index contributed by atoms with van der Waals surface area (Å²) in [5.41, 5.74) is 8.05. The molecule has 0 amide bonds. The van der Waals surface area contributed by atoms with Crippen molar-refractivity contribution in [3.05, 3.63) is 28.8 Å². The van der Waals surface area contributed by atoms with Crippen molar-refractivity contribution >= 4 is 17.3 Å². The quantitative estimate of drug-likeness (QED) is 0.852. The molecule has 0 heterocycles. The Morgan fingerprint density at radius 1 is 1.47 bits per heavy atom. The van der Waals surface area contributed by atoms with Crippen LogP contribution in [0.3, 0.4) is 0 Å². The van der Waals surface area contributed by atoms with Crippen LogP contribution in [-0.2, 0) is 6.42 Å². The van der Waals surface area contributed by atoms with E-state index in [9.17, 15) is 0 Å². The second-order valence-corrected chi connectivity index (χ2v) is 4.54. The number of rotatable bonds is 4. The van der Waals surface area contributed by atoms with Gasteiger partial charge < -0.3 is 10.6 Å². The molecule has 0 unspecified atom stereocenters. The Morgan fingerprint density at radius 2 is 2.20 bits per heavy atom. The maximum atomic E-state index is 6.25. The lowest BCUT2D eigenvalue weighted by Gasteiger charge is -2.23. The Morgan fingerprint density at radius 3 is 2.80 bits per heavy atom. The van der Waals surface area contributed by atoms with Crippen LogP contribution < -0.4 is 10.6 Å². The molecule has 2 N–H and O–H groups in total. The van der Waals surface area contributed by atoms with Crippen molar-refractivity contribution in [2.24, 2.45) is 5.73 Å². The van der Waals surface area contributed by atoms with Gasteiger partial charge in [0.1, 0.15) is 0 Å². The zero-order chi connectivity index (χ0) is 10.8. The third-order valence-corrected chi connectivity index (χ3v) is 3.24. The normalized spacial score (nSPS) is 15.4. The first-order valence-electron chi connectivity index (χ1n) is 5.44. The van der Waals surface area contributed by atoms with Gasteiger partial charge in [0.15, 0.2) is 0 Å². The minimum atomic E-state index is 0.672. The zero-order valence-corrected chi connectivity index (χ0v) is 9.80. The number of nitrogens with two attached hydrogens (primary N) is 1.